The number of carbonyl (C=O) groups is 1. The lowest BCUT2D eigenvalue weighted by molar-refractivity contribution is 0.0453. The zero-order chi connectivity index (χ0) is 17.4. The Kier molecular flexibility index (Phi) is 7.72. The van der Waals surface area contributed by atoms with E-state index < -0.39 is 0 Å². The molecule has 0 bridgehead atoms. The lowest BCUT2D eigenvalue weighted by atomic mass is 10.2. The molecule has 4 nitrogen and oxygen atoms in total. The van der Waals surface area contributed by atoms with Crippen molar-refractivity contribution in [1.82, 2.24) is 0 Å². The van der Waals surface area contributed by atoms with E-state index >= 15 is 0 Å². The summed E-state index contributed by atoms with van der Waals surface area (Å²) >= 11 is 9.32. The summed E-state index contributed by atoms with van der Waals surface area (Å²) in [6.07, 6.45) is 0. The molecule has 0 fully saturated rings. The van der Waals surface area contributed by atoms with Gasteiger partial charge in [0, 0.05) is 21.8 Å². The summed E-state index contributed by atoms with van der Waals surface area (Å²) < 4.78 is 11.5. The number of carbonyl (C=O) groups excluding carboxylic acids is 1. The van der Waals surface area contributed by atoms with Gasteiger partial charge in [0.05, 0.1) is 25.4 Å². The molecule has 0 aromatic heterocycles. The van der Waals surface area contributed by atoms with Crippen LogP contribution in [0.1, 0.15) is 22.8 Å². The molecule has 0 saturated heterocycles. The molecule has 0 unspecified atom stereocenters. The molecule has 6 heteroatoms. The third-order valence-corrected chi connectivity index (χ3v) is 4.13. The lowest BCUT2D eigenvalue weighted by Gasteiger charge is -2.09. The first-order valence-electron chi connectivity index (χ1n) is 7.61. The van der Waals surface area contributed by atoms with Crippen LogP contribution in [-0.2, 0) is 16.1 Å². The van der Waals surface area contributed by atoms with E-state index in [1.807, 2.05) is 31.2 Å². The van der Waals surface area contributed by atoms with Gasteiger partial charge in [-0.05, 0) is 58.7 Å². The van der Waals surface area contributed by atoms with Crippen LogP contribution >= 0.6 is 27.5 Å². The Morgan fingerprint density at radius 1 is 1.17 bits per heavy atom. The number of anilines is 1. The summed E-state index contributed by atoms with van der Waals surface area (Å²) in [5.41, 5.74) is 2.17. The molecule has 0 aliphatic heterocycles. The Morgan fingerprint density at radius 2 is 1.96 bits per heavy atom. The lowest BCUT2D eigenvalue weighted by Crippen LogP contribution is -2.13. The van der Waals surface area contributed by atoms with E-state index in [4.69, 9.17) is 21.1 Å². The number of benzene rings is 2. The maximum Gasteiger partial charge on any atom is 0.256 e. The van der Waals surface area contributed by atoms with Crippen LogP contribution in [0.2, 0.25) is 5.02 Å². The first-order valence-corrected chi connectivity index (χ1v) is 8.78. The zero-order valence-corrected chi connectivity index (χ0v) is 15.7. The summed E-state index contributed by atoms with van der Waals surface area (Å²) in [6.45, 7) is 4.22. The number of hydrogen-bond donors (Lipinski definition) is 1. The molecule has 0 spiro atoms. The summed E-state index contributed by atoms with van der Waals surface area (Å²) in [5.74, 6) is -0.223. The van der Waals surface area contributed by atoms with Gasteiger partial charge in [-0.2, -0.15) is 0 Å². The fourth-order valence-electron chi connectivity index (χ4n) is 2.06. The van der Waals surface area contributed by atoms with Crippen molar-refractivity contribution in [3.8, 4) is 0 Å². The van der Waals surface area contributed by atoms with Crippen LogP contribution in [0.5, 0.6) is 0 Å². The number of nitrogens with one attached hydrogen (secondary N) is 1. The van der Waals surface area contributed by atoms with Gasteiger partial charge in [-0.15, -0.1) is 0 Å². The van der Waals surface area contributed by atoms with E-state index in [1.54, 1.807) is 18.2 Å². The average Bonchev–Trinajstić information content (AvgIpc) is 2.57. The first-order chi connectivity index (χ1) is 11.6. The smallest absolute Gasteiger partial charge is 0.256 e. The Bertz CT molecular complexity index is 694. The molecule has 0 heterocycles. The highest BCUT2D eigenvalue weighted by Crippen LogP contribution is 2.22. The Hall–Kier alpha value is -1.40. The highest BCUT2D eigenvalue weighted by Gasteiger charge is 2.11. The van der Waals surface area contributed by atoms with Gasteiger partial charge in [0.2, 0.25) is 0 Å². The van der Waals surface area contributed by atoms with Crippen molar-refractivity contribution in [1.29, 1.82) is 0 Å². The van der Waals surface area contributed by atoms with Crippen LogP contribution in [0.4, 0.5) is 5.69 Å². The van der Waals surface area contributed by atoms with E-state index in [-0.39, 0.29) is 5.91 Å². The summed E-state index contributed by atoms with van der Waals surface area (Å²) in [7, 11) is 0. The van der Waals surface area contributed by atoms with E-state index in [9.17, 15) is 4.79 Å². The van der Waals surface area contributed by atoms with Gasteiger partial charge >= 0.3 is 0 Å². The predicted molar refractivity (Wildman–Crippen MR) is 99.7 cm³/mol. The van der Waals surface area contributed by atoms with Gasteiger partial charge < -0.3 is 14.8 Å². The minimum Gasteiger partial charge on any atom is -0.379 e. The minimum absolute atomic E-state index is 0.223. The van der Waals surface area contributed by atoms with Gasteiger partial charge in [-0.25, -0.2) is 0 Å². The molecule has 0 radical (unpaired) electrons. The molecule has 0 aliphatic carbocycles. The molecular formula is C18H19BrClNO3. The van der Waals surface area contributed by atoms with Crippen LogP contribution in [-0.4, -0.2) is 25.7 Å². The van der Waals surface area contributed by atoms with Crippen molar-refractivity contribution in [3.63, 3.8) is 0 Å². The summed E-state index contributed by atoms with van der Waals surface area (Å²) in [6, 6.07) is 12.6. The SMILES string of the molecule is CCOCCOCc1cccc(NC(=O)c2cc(Cl)ccc2Br)c1. The molecule has 24 heavy (non-hydrogen) atoms. The molecule has 2 rings (SSSR count). The molecule has 0 aliphatic rings. The van der Waals surface area contributed by atoms with Crippen molar-refractivity contribution >= 4 is 39.1 Å². The third kappa shape index (κ3) is 5.91. The highest BCUT2D eigenvalue weighted by molar-refractivity contribution is 9.10. The largest absolute Gasteiger partial charge is 0.379 e. The molecule has 2 aromatic carbocycles. The molecular weight excluding hydrogens is 394 g/mol. The van der Waals surface area contributed by atoms with Crippen LogP contribution < -0.4 is 5.32 Å². The number of halogens is 2. The van der Waals surface area contributed by atoms with Gasteiger partial charge in [0.15, 0.2) is 0 Å². The average molecular weight is 413 g/mol. The molecule has 1 amide bonds. The van der Waals surface area contributed by atoms with Crippen molar-refractivity contribution in [2.24, 2.45) is 0 Å². The first kappa shape index (κ1) is 18.9. The standard InChI is InChI=1S/C18H19BrClNO3/c1-2-23-8-9-24-12-13-4-3-5-15(10-13)21-18(22)16-11-14(20)6-7-17(16)19/h3-7,10-11H,2,8-9,12H2,1H3,(H,21,22). The fourth-order valence-corrected chi connectivity index (χ4v) is 2.66. The maximum atomic E-state index is 12.4. The van der Waals surface area contributed by atoms with Crippen LogP contribution in [0.15, 0.2) is 46.9 Å². The monoisotopic (exact) mass is 411 g/mol. The second kappa shape index (κ2) is 9.79. The zero-order valence-electron chi connectivity index (χ0n) is 13.4. The number of amides is 1. The van der Waals surface area contributed by atoms with Crippen molar-refractivity contribution in [2.75, 3.05) is 25.1 Å². The normalized spacial score (nSPS) is 10.6. The molecule has 0 atom stereocenters. The third-order valence-electron chi connectivity index (χ3n) is 3.20. The summed E-state index contributed by atoms with van der Waals surface area (Å²) in [5, 5.41) is 3.38. The number of rotatable bonds is 8. The van der Waals surface area contributed by atoms with Gasteiger partial charge in [-0.1, -0.05) is 23.7 Å². The van der Waals surface area contributed by atoms with E-state index in [1.165, 1.54) is 0 Å². The van der Waals surface area contributed by atoms with Crippen molar-refractivity contribution in [2.45, 2.75) is 13.5 Å². The second-order valence-corrected chi connectivity index (χ2v) is 6.32. The van der Waals surface area contributed by atoms with E-state index in [0.29, 0.717) is 47.2 Å². The topological polar surface area (TPSA) is 47.6 Å². The van der Waals surface area contributed by atoms with Crippen molar-refractivity contribution < 1.29 is 14.3 Å². The molecule has 0 saturated carbocycles. The number of hydrogen-bond acceptors (Lipinski definition) is 3. The van der Waals surface area contributed by atoms with Crippen molar-refractivity contribution in [3.05, 3.63) is 63.1 Å². The van der Waals surface area contributed by atoms with Crippen LogP contribution in [0.3, 0.4) is 0 Å². The van der Waals surface area contributed by atoms with Crippen LogP contribution in [0.25, 0.3) is 0 Å². The molecule has 2 aromatic rings. The molecule has 128 valence electrons. The molecule has 1 N–H and O–H groups in total. The van der Waals surface area contributed by atoms with Gasteiger partial charge in [0.1, 0.15) is 0 Å². The predicted octanol–water partition coefficient (Wildman–Crippen LogP) is 4.91. The van der Waals surface area contributed by atoms with E-state index in [0.717, 1.165) is 5.56 Å². The Morgan fingerprint density at radius 3 is 2.75 bits per heavy atom. The quantitative estimate of drug-likeness (QED) is 0.627. The van der Waals surface area contributed by atoms with E-state index in [2.05, 4.69) is 21.2 Å². The minimum atomic E-state index is -0.223. The maximum absolute atomic E-state index is 12.4. The fraction of sp³-hybridized carbons (Fsp3) is 0.278. The second-order valence-electron chi connectivity index (χ2n) is 5.03. The van der Waals surface area contributed by atoms with Gasteiger partial charge in [0.25, 0.3) is 5.91 Å². The Labute approximate surface area is 155 Å². The Balaban J connectivity index is 1.96. The van der Waals surface area contributed by atoms with Crippen LogP contribution in [0, 0.1) is 0 Å². The van der Waals surface area contributed by atoms with Gasteiger partial charge in [-0.3, -0.25) is 4.79 Å². The highest BCUT2D eigenvalue weighted by atomic mass is 79.9. The summed E-state index contributed by atoms with van der Waals surface area (Å²) in [4.78, 5) is 12.4. The number of ether oxygens (including phenoxy) is 2.